The summed E-state index contributed by atoms with van der Waals surface area (Å²) >= 11 is 4.24. The third kappa shape index (κ3) is 5.18. The zero-order valence-electron chi connectivity index (χ0n) is 18.6. The molecule has 34 heavy (non-hydrogen) atoms. The summed E-state index contributed by atoms with van der Waals surface area (Å²) in [4.78, 5) is 38.6. The van der Waals surface area contributed by atoms with Gasteiger partial charge in [0.1, 0.15) is 18.4 Å². The molecule has 4 rings (SSSR count). The molecule has 0 spiro atoms. The van der Waals surface area contributed by atoms with Gasteiger partial charge in [-0.3, -0.25) is 14.5 Å². The maximum absolute atomic E-state index is 12.9. The Balaban J connectivity index is 1.56. The first kappa shape index (κ1) is 24.0. The van der Waals surface area contributed by atoms with Crippen LogP contribution in [-0.4, -0.2) is 34.7 Å². The molecule has 0 unspecified atom stereocenters. The Morgan fingerprint density at radius 2 is 1.85 bits per heavy atom. The van der Waals surface area contributed by atoms with E-state index in [-0.39, 0.29) is 11.5 Å². The summed E-state index contributed by atoms with van der Waals surface area (Å²) in [6, 6.07) is 18.7. The van der Waals surface area contributed by atoms with Crippen LogP contribution in [-0.2, 0) is 20.9 Å². The van der Waals surface area contributed by atoms with Crippen LogP contribution >= 0.6 is 27.7 Å². The summed E-state index contributed by atoms with van der Waals surface area (Å²) in [5.74, 6) is -0.578. The third-order valence-corrected chi connectivity index (χ3v) is 6.68. The number of rotatable bonds is 7. The van der Waals surface area contributed by atoms with Crippen LogP contribution in [0.5, 0.6) is 5.75 Å². The smallest absolute Gasteiger partial charge is 0.329 e. The highest BCUT2D eigenvalue weighted by Crippen LogP contribution is 2.36. The molecule has 1 fully saturated rings. The van der Waals surface area contributed by atoms with Crippen molar-refractivity contribution >= 4 is 61.7 Å². The van der Waals surface area contributed by atoms with Crippen LogP contribution < -0.4 is 4.74 Å². The summed E-state index contributed by atoms with van der Waals surface area (Å²) in [5, 5.41) is 1.78. The molecule has 3 aromatic carbocycles. The average molecular weight is 540 g/mol. The van der Waals surface area contributed by atoms with Crippen molar-refractivity contribution in [2.24, 2.45) is 0 Å². The molecule has 1 aliphatic rings. The summed E-state index contributed by atoms with van der Waals surface area (Å²) in [6.45, 7) is 3.67. The van der Waals surface area contributed by atoms with Crippen LogP contribution in [0, 0.1) is 0 Å². The predicted octanol–water partition coefficient (Wildman–Crippen LogP) is 6.17. The van der Waals surface area contributed by atoms with E-state index in [0.717, 1.165) is 37.5 Å². The molecule has 174 valence electrons. The van der Waals surface area contributed by atoms with E-state index in [9.17, 15) is 14.4 Å². The van der Waals surface area contributed by atoms with Gasteiger partial charge >= 0.3 is 5.97 Å². The van der Waals surface area contributed by atoms with Crippen LogP contribution in [0.15, 0.2) is 70.0 Å². The highest BCUT2D eigenvalue weighted by Gasteiger charge is 2.41. The van der Waals surface area contributed by atoms with E-state index < -0.39 is 23.2 Å². The minimum atomic E-state index is -0.996. The lowest BCUT2D eigenvalue weighted by atomic mass is 10.1. The van der Waals surface area contributed by atoms with Gasteiger partial charge in [0.05, 0.1) is 11.5 Å². The number of amides is 2. The molecule has 0 saturated carbocycles. The zero-order valence-corrected chi connectivity index (χ0v) is 21.0. The first-order chi connectivity index (χ1) is 16.4. The molecule has 0 aliphatic carbocycles. The van der Waals surface area contributed by atoms with Gasteiger partial charge in [-0.2, -0.15) is 0 Å². The topological polar surface area (TPSA) is 72.9 Å². The van der Waals surface area contributed by atoms with Gasteiger partial charge in [-0.25, -0.2) is 4.79 Å². The summed E-state index contributed by atoms with van der Waals surface area (Å²) in [7, 11) is 0. The predicted molar refractivity (Wildman–Crippen MR) is 136 cm³/mol. The van der Waals surface area contributed by atoms with Crippen molar-refractivity contribution in [3.63, 3.8) is 0 Å². The van der Waals surface area contributed by atoms with Crippen molar-refractivity contribution in [3.05, 3.63) is 81.2 Å². The number of carbonyl (C=O) groups is 3. The monoisotopic (exact) mass is 539 g/mol. The van der Waals surface area contributed by atoms with Gasteiger partial charge in [-0.15, -0.1) is 0 Å². The number of hydrogen-bond donors (Lipinski definition) is 0. The van der Waals surface area contributed by atoms with Crippen molar-refractivity contribution in [1.82, 2.24) is 4.90 Å². The summed E-state index contributed by atoms with van der Waals surface area (Å²) in [6.07, 6.45) is 1.61. The fourth-order valence-corrected chi connectivity index (χ4v) is 4.85. The van der Waals surface area contributed by atoms with E-state index >= 15 is 0 Å². The molecule has 1 aliphatic heterocycles. The minimum absolute atomic E-state index is 0.172. The van der Waals surface area contributed by atoms with Crippen molar-refractivity contribution in [1.29, 1.82) is 0 Å². The van der Waals surface area contributed by atoms with Gasteiger partial charge in [-0.1, -0.05) is 52.3 Å². The van der Waals surface area contributed by atoms with Crippen LogP contribution in [0.4, 0.5) is 4.79 Å². The summed E-state index contributed by atoms with van der Waals surface area (Å²) in [5.41, 5.74) is 1.65. The molecule has 6 nitrogen and oxygen atoms in total. The lowest BCUT2D eigenvalue weighted by Crippen LogP contribution is -2.42. The van der Waals surface area contributed by atoms with E-state index in [1.165, 1.54) is 6.92 Å². The van der Waals surface area contributed by atoms with Gasteiger partial charge in [0, 0.05) is 10.0 Å². The molecular weight excluding hydrogens is 518 g/mol. The van der Waals surface area contributed by atoms with E-state index in [2.05, 4.69) is 40.2 Å². The largest absolute Gasteiger partial charge is 0.488 e. The Morgan fingerprint density at radius 3 is 2.62 bits per heavy atom. The van der Waals surface area contributed by atoms with Crippen LogP contribution in [0.1, 0.15) is 25.0 Å². The molecule has 3 aromatic rings. The molecule has 0 bridgehead atoms. The Labute approximate surface area is 210 Å². The van der Waals surface area contributed by atoms with E-state index in [0.29, 0.717) is 17.9 Å². The maximum Gasteiger partial charge on any atom is 0.329 e. The second-order valence-electron chi connectivity index (χ2n) is 7.63. The molecule has 0 radical (unpaired) electrons. The number of hydrogen-bond acceptors (Lipinski definition) is 6. The van der Waals surface area contributed by atoms with Gasteiger partial charge in [0.25, 0.3) is 11.1 Å². The number of carbonyl (C=O) groups excluding carboxylic acids is 3. The van der Waals surface area contributed by atoms with E-state index in [4.69, 9.17) is 9.47 Å². The normalized spacial score (nSPS) is 15.7. The SMILES string of the molecule is CCOC(=O)[C@@H](C)N1C(=O)S/C(=C/c2cc(Br)ccc2OCc2ccc3ccccc3c2)C1=O. The summed E-state index contributed by atoms with van der Waals surface area (Å²) < 4.78 is 11.8. The number of nitrogens with zero attached hydrogens (tertiary/aromatic N) is 1. The quantitative estimate of drug-likeness (QED) is 0.264. The van der Waals surface area contributed by atoms with Gasteiger partial charge in [0.15, 0.2) is 0 Å². The van der Waals surface area contributed by atoms with Crippen LogP contribution in [0.3, 0.4) is 0 Å². The number of ether oxygens (including phenoxy) is 2. The van der Waals surface area contributed by atoms with Crippen LogP contribution in [0.2, 0.25) is 0 Å². The zero-order chi connectivity index (χ0) is 24.2. The molecule has 2 amide bonds. The first-order valence-corrected chi connectivity index (χ1v) is 12.3. The van der Waals surface area contributed by atoms with Crippen molar-refractivity contribution in [2.45, 2.75) is 26.5 Å². The van der Waals surface area contributed by atoms with E-state index in [1.54, 1.807) is 13.0 Å². The fraction of sp³-hybridized carbons (Fsp3) is 0.192. The maximum atomic E-state index is 12.9. The van der Waals surface area contributed by atoms with Crippen LogP contribution in [0.25, 0.3) is 16.8 Å². The number of benzene rings is 3. The second-order valence-corrected chi connectivity index (χ2v) is 9.54. The number of thioether (sulfide) groups is 1. The molecular formula is C26H22BrNO5S. The lowest BCUT2D eigenvalue weighted by molar-refractivity contribution is -0.150. The molecule has 0 N–H and O–H groups in total. The van der Waals surface area contributed by atoms with Crippen molar-refractivity contribution in [2.75, 3.05) is 6.61 Å². The fourth-order valence-electron chi connectivity index (χ4n) is 3.58. The van der Waals surface area contributed by atoms with Gasteiger partial charge < -0.3 is 9.47 Å². The molecule has 8 heteroatoms. The first-order valence-electron chi connectivity index (χ1n) is 10.7. The highest BCUT2D eigenvalue weighted by molar-refractivity contribution is 9.10. The average Bonchev–Trinajstić information content (AvgIpc) is 3.10. The molecule has 1 heterocycles. The van der Waals surface area contributed by atoms with Crippen molar-refractivity contribution < 1.29 is 23.9 Å². The van der Waals surface area contributed by atoms with Gasteiger partial charge in [-0.05, 0) is 72.3 Å². The Hall–Kier alpha value is -3.10. The Morgan fingerprint density at radius 1 is 1.09 bits per heavy atom. The third-order valence-electron chi connectivity index (χ3n) is 5.31. The Bertz CT molecular complexity index is 1310. The Kier molecular flexibility index (Phi) is 7.38. The molecule has 0 aromatic heterocycles. The highest BCUT2D eigenvalue weighted by atomic mass is 79.9. The standard InChI is InChI=1S/C26H22BrNO5S/c1-3-32-25(30)16(2)28-24(29)23(34-26(28)31)14-20-13-21(27)10-11-22(20)33-15-17-8-9-18-6-4-5-7-19(18)12-17/h4-14,16H,3,15H2,1-2H3/b23-14+/t16-/m1/s1. The minimum Gasteiger partial charge on any atom is -0.488 e. The number of imide groups is 1. The number of halogens is 1. The second kappa shape index (κ2) is 10.4. The molecule has 1 atom stereocenters. The number of fused-ring (bicyclic) bond motifs is 1. The molecule has 1 saturated heterocycles. The van der Waals surface area contributed by atoms with E-state index in [1.807, 2.05) is 36.4 Å². The van der Waals surface area contributed by atoms with Gasteiger partial charge in [0.2, 0.25) is 0 Å². The lowest BCUT2D eigenvalue weighted by Gasteiger charge is -2.19. The number of esters is 1. The van der Waals surface area contributed by atoms with Crippen molar-refractivity contribution in [3.8, 4) is 5.75 Å².